The molecule has 7 nitrogen and oxygen atoms in total. The fourth-order valence-electron chi connectivity index (χ4n) is 4.72. The monoisotopic (exact) mass is 436 g/mol. The molecule has 1 fully saturated rings. The fourth-order valence-corrected chi connectivity index (χ4v) is 4.72. The normalized spacial score (nSPS) is 18.4. The SMILES string of the molecule is CC[C@@H](NC(=O)OCC1c2ccccc2-c2ccccc21)C(=O)N1CCCC(C(=O)O)C1. The highest BCUT2D eigenvalue weighted by Crippen LogP contribution is 2.44. The van der Waals surface area contributed by atoms with Gasteiger partial charge >= 0.3 is 12.1 Å². The van der Waals surface area contributed by atoms with Gasteiger partial charge in [0.25, 0.3) is 0 Å². The van der Waals surface area contributed by atoms with Gasteiger partial charge in [-0.1, -0.05) is 55.5 Å². The highest BCUT2D eigenvalue weighted by atomic mass is 16.5. The molecule has 0 radical (unpaired) electrons. The number of carboxylic acids is 1. The van der Waals surface area contributed by atoms with Crippen molar-refractivity contribution >= 4 is 18.0 Å². The summed E-state index contributed by atoms with van der Waals surface area (Å²) in [5.74, 6) is -1.76. The molecule has 32 heavy (non-hydrogen) atoms. The highest BCUT2D eigenvalue weighted by Gasteiger charge is 2.33. The van der Waals surface area contributed by atoms with Crippen LogP contribution in [0.1, 0.15) is 43.2 Å². The summed E-state index contributed by atoms with van der Waals surface area (Å²) in [7, 11) is 0. The summed E-state index contributed by atoms with van der Waals surface area (Å²) < 4.78 is 5.55. The molecular weight excluding hydrogens is 408 g/mol. The van der Waals surface area contributed by atoms with Gasteiger partial charge in [0.05, 0.1) is 5.92 Å². The van der Waals surface area contributed by atoms with Crippen LogP contribution in [0.15, 0.2) is 48.5 Å². The zero-order chi connectivity index (χ0) is 22.7. The Balaban J connectivity index is 1.38. The summed E-state index contributed by atoms with van der Waals surface area (Å²) in [5, 5.41) is 11.9. The number of amides is 2. The van der Waals surface area contributed by atoms with Crippen LogP contribution in [0.5, 0.6) is 0 Å². The molecule has 4 rings (SSSR count). The largest absolute Gasteiger partial charge is 0.481 e. The minimum absolute atomic E-state index is 0.0534. The first-order valence-electron chi connectivity index (χ1n) is 11.1. The quantitative estimate of drug-likeness (QED) is 0.721. The van der Waals surface area contributed by atoms with Crippen LogP contribution < -0.4 is 5.32 Å². The topological polar surface area (TPSA) is 95.9 Å². The maximum absolute atomic E-state index is 12.9. The second-order valence-corrected chi connectivity index (χ2v) is 8.39. The van der Waals surface area contributed by atoms with Crippen molar-refractivity contribution in [1.29, 1.82) is 0 Å². The number of hydrogen-bond acceptors (Lipinski definition) is 4. The van der Waals surface area contributed by atoms with Crippen molar-refractivity contribution in [2.75, 3.05) is 19.7 Å². The third-order valence-corrected chi connectivity index (χ3v) is 6.42. The number of hydrogen-bond donors (Lipinski definition) is 2. The lowest BCUT2D eigenvalue weighted by atomic mass is 9.97. The molecule has 0 saturated carbocycles. The number of fused-ring (bicyclic) bond motifs is 3. The van der Waals surface area contributed by atoms with Crippen molar-refractivity contribution in [3.8, 4) is 11.1 Å². The molecule has 2 aromatic carbocycles. The van der Waals surface area contributed by atoms with Gasteiger partial charge in [0.2, 0.25) is 5.91 Å². The van der Waals surface area contributed by atoms with E-state index in [1.807, 2.05) is 31.2 Å². The van der Waals surface area contributed by atoms with Gasteiger partial charge in [0, 0.05) is 19.0 Å². The highest BCUT2D eigenvalue weighted by molar-refractivity contribution is 5.86. The van der Waals surface area contributed by atoms with Crippen LogP contribution in [-0.2, 0) is 14.3 Å². The maximum atomic E-state index is 12.9. The molecule has 2 N–H and O–H groups in total. The predicted octanol–water partition coefficient (Wildman–Crippen LogP) is 3.63. The predicted molar refractivity (Wildman–Crippen MR) is 119 cm³/mol. The molecular formula is C25H28N2O5. The molecule has 0 aromatic heterocycles. The lowest BCUT2D eigenvalue weighted by Crippen LogP contribution is -2.52. The Kier molecular flexibility index (Phi) is 6.44. The molecule has 2 aromatic rings. The second-order valence-electron chi connectivity index (χ2n) is 8.39. The van der Waals surface area contributed by atoms with Crippen LogP contribution in [0.25, 0.3) is 11.1 Å². The van der Waals surface area contributed by atoms with E-state index < -0.39 is 24.0 Å². The molecule has 1 heterocycles. The number of likely N-dealkylation sites (tertiary alicyclic amines) is 1. The molecule has 0 bridgehead atoms. The number of rotatable bonds is 6. The van der Waals surface area contributed by atoms with Gasteiger partial charge in [-0.2, -0.15) is 0 Å². The van der Waals surface area contributed by atoms with Crippen molar-refractivity contribution in [3.05, 3.63) is 59.7 Å². The Hall–Kier alpha value is -3.35. The molecule has 0 spiro atoms. The van der Waals surface area contributed by atoms with Crippen LogP contribution in [0.4, 0.5) is 4.79 Å². The van der Waals surface area contributed by atoms with E-state index in [1.54, 1.807) is 4.90 Å². The van der Waals surface area contributed by atoms with Gasteiger partial charge < -0.3 is 20.1 Å². The van der Waals surface area contributed by atoms with Gasteiger partial charge in [0.15, 0.2) is 0 Å². The number of nitrogens with zero attached hydrogens (tertiary/aromatic N) is 1. The smallest absolute Gasteiger partial charge is 0.407 e. The second kappa shape index (κ2) is 9.42. The number of alkyl carbamates (subject to hydrolysis) is 1. The summed E-state index contributed by atoms with van der Waals surface area (Å²) in [6, 6.07) is 15.5. The first-order valence-corrected chi connectivity index (χ1v) is 11.1. The van der Waals surface area contributed by atoms with Crippen LogP contribution in [0.2, 0.25) is 0 Å². The Labute approximate surface area is 187 Å². The van der Waals surface area contributed by atoms with E-state index in [-0.39, 0.29) is 25.0 Å². The van der Waals surface area contributed by atoms with Crippen molar-refractivity contribution in [1.82, 2.24) is 10.2 Å². The lowest BCUT2D eigenvalue weighted by molar-refractivity contribution is -0.146. The average Bonchev–Trinajstić information content (AvgIpc) is 3.14. The third-order valence-electron chi connectivity index (χ3n) is 6.42. The van der Waals surface area contributed by atoms with Crippen molar-refractivity contribution in [3.63, 3.8) is 0 Å². The number of carbonyl (C=O) groups excluding carboxylic acids is 2. The Morgan fingerprint density at radius 3 is 2.31 bits per heavy atom. The molecule has 1 saturated heterocycles. The van der Waals surface area contributed by atoms with Gasteiger partial charge in [0.1, 0.15) is 12.6 Å². The molecule has 2 atom stereocenters. The van der Waals surface area contributed by atoms with Crippen LogP contribution in [0.3, 0.4) is 0 Å². The van der Waals surface area contributed by atoms with E-state index in [4.69, 9.17) is 4.74 Å². The number of carboxylic acid groups (broad SMARTS) is 1. The zero-order valence-electron chi connectivity index (χ0n) is 18.1. The summed E-state index contributed by atoms with van der Waals surface area (Å²) >= 11 is 0. The number of piperidine rings is 1. The van der Waals surface area contributed by atoms with Gasteiger partial charge in [-0.3, -0.25) is 9.59 Å². The fraction of sp³-hybridized carbons (Fsp3) is 0.400. The molecule has 2 amide bonds. The molecule has 2 aliphatic rings. The summed E-state index contributed by atoms with van der Waals surface area (Å²) in [5.41, 5.74) is 4.55. The van der Waals surface area contributed by atoms with Gasteiger partial charge in [-0.15, -0.1) is 0 Å². The van der Waals surface area contributed by atoms with Crippen LogP contribution in [-0.4, -0.2) is 53.7 Å². The molecule has 1 aliphatic heterocycles. The first-order chi connectivity index (χ1) is 15.5. The van der Waals surface area contributed by atoms with Gasteiger partial charge in [-0.05, 0) is 41.5 Å². The molecule has 1 aliphatic carbocycles. The van der Waals surface area contributed by atoms with Crippen molar-refractivity contribution in [2.24, 2.45) is 5.92 Å². The van der Waals surface area contributed by atoms with Gasteiger partial charge in [-0.25, -0.2) is 4.79 Å². The van der Waals surface area contributed by atoms with E-state index in [2.05, 4.69) is 29.6 Å². The number of benzene rings is 2. The molecule has 168 valence electrons. The molecule has 7 heteroatoms. The first kappa shape index (κ1) is 21.9. The minimum Gasteiger partial charge on any atom is -0.481 e. The van der Waals surface area contributed by atoms with E-state index in [1.165, 1.54) is 0 Å². The summed E-state index contributed by atoms with van der Waals surface area (Å²) in [4.78, 5) is 38.3. The third kappa shape index (κ3) is 4.33. The van der Waals surface area contributed by atoms with E-state index >= 15 is 0 Å². The Morgan fingerprint density at radius 1 is 1.09 bits per heavy atom. The Morgan fingerprint density at radius 2 is 1.72 bits per heavy atom. The average molecular weight is 437 g/mol. The number of aliphatic carboxylic acids is 1. The van der Waals surface area contributed by atoms with Crippen molar-refractivity contribution < 1.29 is 24.2 Å². The minimum atomic E-state index is -0.889. The Bertz CT molecular complexity index is 975. The lowest BCUT2D eigenvalue weighted by Gasteiger charge is -2.33. The van der Waals surface area contributed by atoms with E-state index in [0.29, 0.717) is 25.8 Å². The van der Waals surface area contributed by atoms with Crippen LogP contribution >= 0.6 is 0 Å². The number of ether oxygens (including phenoxy) is 1. The maximum Gasteiger partial charge on any atom is 0.407 e. The molecule has 1 unspecified atom stereocenters. The van der Waals surface area contributed by atoms with Crippen LogP contribution in [0, 0.1) is 5.92 Å². The van der Waals surface area contributed by atoms with E-state index in [0.717, 1.165) is 22.3 Å². The summed E-state index contributed by atoms with van der Waals surface area (Å²) in [6.45, 7) is 2.67. The number of nitrogens with one attached hydrogen (secondary N) is 1. The van der Waals surface area contributed by atoms with E-state index in [9.17, 15) is 19.5 Å². The summed E-state index contributed by atoms with van der Waals surface area (Å²) in [6.07, 6.45) is 0.968. The van der Waals surface area contributed by atoms with Crippen molar-refractivity contribution in [2.45, 2.75) is 38.1 Å². The zero-order valence-corrected chi connectivity index (χ0v) is 18.1. The number of carbonyl (C=O) groups is 3. The standard InChI is InChI=1S/C25H28N2O5/c1-2-22(23(28)27-13-7-8-16(14-27)24(29)30)26-25(31)32-15-21-19-11-5-3-9-17(19)18-10-4-6-12-20(18)21/h3-6,9-12,16,21-22H,2,7-8,13-15H2,1H3,(H,26,31)(H,29,30)/t16?,22-/m1/s1.